The maximum absolute atomic E-state index is 11.8. The molecule has 3 N–H and O–H groups in total. The number of nitrogens with one attached hydrogen (secondary N) is 1. The van der Waals surface area contributed by atoms with E-state index in [1.54, 1.807) is 0 Å². The van der Waals surface area contributed by atoms with Crippen LogP contribution in [0, 0.1) is 13.8 Å². The van der Waals surface area contributed by atoms with Gasteiger partial charge in [0.05, 0.1) is 0 Å². The number of H-pyrrole nitrogens is 1. The van der Waals surface area contributed by atoms with Gasteiger partial charge in [0.15, 0.2) is 0 Å². The molecule has 0 saturated heterocycles. The molecule has 19 heavy (non-hydrogen) atoms. The Morgan fingerprint density at radius 1 is 1.16 bits per heavy atom. The van der Waals surface area contributed by atoms with Gasteiger partial charge in [-0.3, -0.25) is 4.79 Å². The zero-order valence-electron chi connectivity index (χ0n) is 11.7. The SMILES string of the molecule is CCc1c(C)[nH]c(=O)c(N)c1Cc1ccccc1C. The molecule has 1 aromatic carbocycles. The Kier molecular flexibility index (Phi) is 3.74. The van der Waals surface area contributed by atoms with Crippen LogP contribution in [-0.2, 0) is 12.8 Å². The van der Waals surface area contributed by atoms with E-state index in [4.69, 9.17) is 5.73 Å². The van der Waals surface area contributed by atoms with Crippen LogP contribution in [0.15, 0.2) is 29.1 Å². The topological polar surface area (TPSA) is 58.9 Å². The van der Waals surface area contributed by atoms with Crippen LogP contribution in [0.3, 0.4) is 0 Å². The largest absolute Gasteiger partial charge is 0.394 e. The Bertz CT molecular complexity index is 656. The van der Waals surface area contributed by atoms with Crippen molar-refractivity contribution in [3.8, 4) is 0 Å². The summed E-state index contributed by atoms with van der Waals surface area (Å²) in [6.07, 6.45) is 1.58. The number of aryl methyl sites for hydroxylation is 2. The van der Waals surface area contributed by atoms with Gasteiger partial charge in [0.25, 0.3) is 5.56 Å². The van der Waals surface area contributed by atoms with E-state index in [1.807, 2.05) is 19.1 Å². The van der Waals surface area contributed by atoms with Crippen LogP contribution in [0.4, 0.5) is 5.69 Å². The zero-order valence-corrected chi connectivity index (χ0v) is 11.7. The van der Waals surface area contributed by atoms with Crippen LogP contribution in [0.25, 0.3) is 0 Å². The Morgan fingerprint density at radius 2 is 1.84 bits per heavy atom. The summed E-state index contributed by atoms with van der Waals surface area (Å²) >= 11 is 0. The number of hydrogen-bond donors (Lipinski definition) is 2. The smallest absolute Gasteiger partial charge is 0.271 e. The van der Waals surface area contributed by atoms with E-state index in [1.165, 1.54) is 11.1 Å². The summed E-state index contributed by atoms with van der Waals surface area (Å²) in [5, 5.41) is 0. The predicted octanol–water partition coefficient (Wildman–Crippen LogP) is 2.73. The highest BCUT2D eigenvalue weighted by Gasteiger charge is 2.13. The molecule has 0 aliphatic heterocycles. The van der Waals surface area contributed by atoms with Crippen LogP contribution in [0.5, 0.6) is 0 Å². The average Bonchev–Trinajstić information content (AvgIpc) is 2.38. The van der Waals surface area contributed by atoms with Crippen molar-refractivity contribution >= 4 is 5.69 Å². The lowest BCUT2D eigenvalue weighted by Crippen LogP contribution is -2.19. The van der Waals surface area contributed by atoms with E-state index in [-0.39, 0.29) is 5.56 Å². The van der Waals surface area contributed by atoms with Crippen LogP contribution in [0.2, 0.25) is 0 Å². The second kappa shape index (κ2) is 5.31. The molecule has 0 atom stereocenters. The fraction of sp³-hybridized carbons (Fsp3) is 0.312. The first-order valence-corrected chi connectivity index (χ1v) is 6.59. The number of anilines is 1. The molecule has 0 saturated carbocycles. The molecule has 0 aliphatic rings. The maximum Gasteiger partial charge on any atom is 0.271 e. The normalized spacial score (nSPS) is 10.7. The van der Waals surface area contributed by atoms with Crippen molar-refractivity contribution < 1.29 is 0 Å². The summed E-state index contributed by atoms with van der Waals surface area (Å²) in [7, 11) is 0. The van der Waals surface area contributed by atoms with Crippen LogP contribution in [0.1, 0.15) is 34.9 Å². The average molecular weight is 256 g/mol. The third-order valence-electron chi connectivity index (χ3n) is 3.67. The van der Waals surface area contributed by atoms with Gasteiger partial charge in [0.1, 0.15) is 5.69 Å². The Hall–Kier alpha value is -2.03. The maximum atomic E-state index is 11.8. The molecule has 0 fully saturated rings. The molecule has 0 bridgehead atoms. The van der Waals surface area contributed by atoms with Gasteiger partial charge >= 0.3 is 0 Å². The molecular weight excluding hydrogens is 236 g/mol. The van der Waals surface area contributed by atoms with Gasteiger partial charge in [-0.2, -0.15) is 0 Å². The first kappa shape index (κ1) is 13.4. The number of aromatic nitrogens is 1. The van der Waals surface area contributed by atoms with Crippen molar-refractivity contribution in [3.05, 3.63) is 62.6 Å². The van der Waals surface area contributed by atoms with Gasteiger partial charge in [0, 0.05) is 12.1 Å². The number of hydrogen-bond acceptors (Lipinski definition) is 2. The molecule has 100 valence electrons. The van der Waals surface area contributed by atoms with Gasteiger partial charge in [-0.05, 0) is 42.5 Å². The molecule has 0 radical (unpaired) electrons. The Morgan fingerprint density at radius 3 is 2.47 bits per heavy atom. The lowest BCUT2D eigenvalue weighted by molar-refractivity contribution is 0.977. The van der Waals surface area contributed by atoms with Crippen molar-refractivity contribution in [2.24, 2.45) is 0 Å². The molecule has 0 unspecified atom stereocenters. The monoisotopic (exact) mass is 256 g/mol. The van der Waals surface area contributed by atoms with Gasteiger partial charge in [-0.25, -0.2) is 0 Å². The van der Waals surface area contributed by atoms with Crippen molar-refractivity contribution in [3.63, 3.8) is 0 Å². The predicted molar refractivity (Wildman–Crippen MR) is 79.6 cm³/mol. The van der Waals surface area contributed by atoms with Gasteiger partial charge in [-0.15, -0.1) is 0 Å². The fourth-order valence-electron chi connectivity index (χ4n) is 2.52. The fourth-order valence-corrected chi connectivity index (χ4v) is 2.52. The zero-order chi connectivity index (χ0) is 14.0. The summed E-state index contributed by atoms with van der Waals surface area (Å²) < 4.78 is 0. The summed E-state index contributed by atoms with van der Waals surface area (Å²) in [6.45, 7) is 6.10. The highest BCUT2D eigenvalue weighted by molar-refractivity contribution is 5.53. The molecular formula is C16H20N2O. The summed E-state index contributed by atoms with van der Waals surface area (Å²) in [5.41, 5.74) is 11.6. The Labute approximate surface area is 113 Å². The number of nitrogens with two attached hydrogens (primary N) is 1. The van der Waals surface area contributed by atoms with Gasteiger partial charge < -0.3 is 10.7 Å². The Balaban J connectivity index is 2.57. The lowest BCUT2D eigenvalue weighted by atomic mass is 9.94. The summed E-state index contributed by atoms with van der Waals surface area (Å²) in [6, 6.07) is 8.21. The molecule has 0 amide bonds. The molecule has 3 heteroatoms. The minimum absolute atomic E-state index is 0.182. The third kappa shape index (κ3) is 2.55. The van der Waals surface area contributed by atoms with Crippen LogP contribution < -0.4 is 11.3 Å². The number of aromatic amines is 1. The van der Waals surface area contributed by atoms with E-state index in [0.717, 1.165) is 23.2 Å². The van der Waals surface area contributed by atoms with E-state index < -0.39 is 0 Å². The van der Waals surface area contributed by atoms with Gasteiger partial charge in [0.2, 0.25) is 0 Å². The first-order chi connectivity index (χ1) is 9.04. The van der Waals surface area contributed by atoms with E-state index in [0.29, 0.717) is 12.1 Å². The molecule has 1 heterocycles. The molecule has 2 aromatic rings. The highest BCUT2D eigenvalue weighted by atomic mass is 16.1. The first-order valence-electron chi connectivity index (χ1n) is 6.59. The molecule has 1 aromatic heterocycles. The van der Waals surface area contributed by atoms with Crippen molar-refractivity contribution in [1.82, 2.24) is 4.98 Å². The second-order valence-electron chi connectivity index (χ2n) is 4.91. The van der Waals surface area contributed by atoms with Crippen LogP contribution in [-0.4, -0.2) is 4.98 Å². The molecule has 3 nitrogen and oxygen atoms in total. The van der Waals surface area contributed by atoms with Crippen molar-refractivity contribution in [1.29, 1.82) is 0 Å². The van der Waals surface area contributed by atoms with Crippen LogP contribution >= 0.6 is 0 Å². The summed E-state index contributed by atoms with van der Waals surface area (Å²) in [5.74, 6) is 0. The minimum Gasteiger partial charge on any atom is -0.394 e. The van der Waals surface area contributed by atoms with E-state index in [9.17, 15) is 4.79 Å². The van der Waals surface area contributed by atoms with Crippen molar-refractivity contribution in [2.75, 3.05) is 5.73 Å². The molecule has 0 aliphatic carbocycles. The van der Waals surface area contributed by atoms with Gasteiger partial charge in [-0.1, -0.05) is 31.2 Å². The summed E-state index contributed by atoms with van der Waals surface area (Å²) in [4.78, 5) is 14.6. The molecule has 2 rings (SSSR count). The second-order valence-corrected chi connectivity index (χ2v) is 4.91. The number of benzene rings is 1. The third-order valence-corrected chi connectivity index (χ3v) is 3.67. The minimum atomic E-state index is -0.182. The molecule has 0 spiro atoms. The quantitative estimate of drug-likeness (QED) is 0.887. The lowest BCUT2D eigenvalue weighted by Gasteiger charge is -2.14. The number of nitrogen functional groups attached to an aromatic ring is 1. The standard InChI is InChI=1S/C16H20N2O/c1-4-13-11(3)18-16(19)15(17)14(13)9-12-8-6-5-7-10(12)2/h5-8H,4,9,17H2,1-3H3,(H,18,19). The highest BCUT2D eigenvalue weighted by Crippen LogP contribution is 2.22. The number of rotatable bonds is 3. The van der Waals surface area contributed by atoms with E-state index in [2.05, 4.69) is 31.0 Å². The van der Waals surface area contributed by atoms with Crippen molar-refractivity contribution in [2.45, 2.75) is 33.6 Å². The van der Waals surface area contributed by atoms with E-state index >= 15 is 0 Å². The number of pyridine rings is 1.